The summed E-state index contributed by atoms with van der Waals surface area (Å²) < 4.78 is 0. The molecule has 0 spiro atoms. The van der Waals surface area contributed by atoms with Gasteiger partial charge in [0.25, 0.3) is 0 Å². The standard InChI is InChI=1S/C12H15N3/c1-4-15-9(3)10-5-6-12(13)8(2)11(10)7-14-15/h5-7H,3-4,13H2,1-2H3. The summed E-state index contributed by atoms with van der Waals surface area (Å²) in [6.45, 7) is 8.94. The lowest BCUT2D eigenvalue weighted by atomic mass is 9.98. The zero-order valence-corrected chi connectivity index (χ0v) is 9.12. The Morgan fingerprint density at radius 2 is 2.20 bits per heavy atom. The van der Waals surface area contributed by atoms with Crippen LogP contribution in [-0.2, 0) is 0 Å². The average Bonchev–Trinajstić information content (AvgIpc) is 2.24. The highest BCUT2D eigenvalue weighted by atomic mass is 15.5. The van der Waals surface area contributed by atoms with Gasteiger partial charge in [0.15, 0.2) is 0 Å². The van der Waals surface area contributed by atoms with Gasteiger partial charge in [0, 0.05) is 23.4 Å². The SMILES string of the molecule is C=C1c2ccc(N)c(C)c2C=NN1CC. The first kappa shape index (κ1) is 9.77. The molecular formula is C12H15N3. The van der Waals surface area contributed by atoms with E-state index in [0.29, 0.717) is 0 Å². The number of rotatable bonds is 1. The molecule has 1 aromatic carbocycles. The fraction of sp³-hybridized carbons (Fsp3) is 0.250. The van der Waals surface area contributed by atoms with Crippen LogP contribution in [0.2, 0.25) is 0 Å². The van der Waals surface area contributed by atoms with Crippen LogP contribution in [0.25, 0.3) is 5.70 Å². The number of nitrogen functional groups attached to an aromatic ring is 1. The summed E-state index contributed by atoms with van der Waals surface area (Å²) in [7, 11) is 0. The molecule has 15 heavy (non-hydrogen) atoms. The minimum absolute atomic E-state index is 0.804. The third-order valence-electron chi connectivity index (χ3n) is 2.80. The molecule has 0 bridgehead atoms. The van der Waals surface area contributed by atoms with E-state index in [0.717, 1.165) is 34.6 Å². The maximum absolute atomic E-state index is 5.85. The molecule has 1 aromatic rings. The summed E-state index contributed by atoms with van der Waals surface area (Å²) in [5, 5.41) is 6.21. The molecule has 2 N–H and O–H groups in total. The van der Waals surface area contributed by atoms with E-state index in [4.69, 9.17) is 5.73 Å². The predicted molar refractivity (Wildman–Crippen MR) is 64.6 cm³/mol. The van der Waals surface area contributed by atoms with Crippen LogP contribution in [0.5, 0.6) is 0 Å². The monoisotopic (exact) mass is 201 g/mol. The van der Waals surface area contributed by atoms with Crippen LogP contribution in [0.1, 0.15) is 23.6 Å². The smallest absolute Gasteiger partial charge is 0.0601 e. The Labute approximate surface area is 89.9 Å². The fourth-order valence-electron chi connectivity index (χ4n) is 1.77. The van der Waals surface area contributed by atoms with Crippen LogP contribution in [0.15, 0.2) is 23.8 Å². The Morgan fingerprint density at radius 1 is 1.47 bits per heavy atom. The average molecular weight is 201 g/mol. The molecule has 0 fully saturated rings. The van der Waals surface area contributed by atoms with Gasteiger partial charge in [-0.05, 0) is 25.5 Å². The third kappa shape index (κ3) is 1.40. The van der Waals surface area contributed by atoms with Crippen molar-refractivity contribution >= 4 is 17.6 Å². The van der Waals surface area contributed by atoms with Gasteiger partial charge in [0.2, 0.25) is 0 Å². The molecule has 0 aliphatic carbocycles. The van der Waals surface area contributed by atoms with Gasteiger partial charge in [-0.3, -0.25) is 5.01 Å². The molecule has 0 aromatic heterocycles. The van der Waals surface area contributed by atoms with Crippen molar-refractivity contribution in [2.45, 2.75) is 13.8 Å². The van der Waals surface area contributed by atoms with Crippen molar-refractivity contribution in [3.05, 3.63) is 35.4 Å². The molecule has 3 heteroatoms. The van der Waals surface area contributed by atoms with Crippen molar-refractivity contribution in [2.24, 2.45) is 5.10 Å². The highest BCUT2D eigenvalue weighted by Gasteiger charge is 2.17. The number of fused-ring (bicyclic) bond motifs is 1. The minimum Gasteiger partial charge on any atom is -0.398 e. The number of hydrogen-bond acceptors (Lipinski definition) is 3. The second-order valence-electron chi connectivity index (χ2n) is 3.65. The van der Waals surface area contributed by atoms with Crippen molar-refractivity contribution in [3.63, 3.8) is 0 Å². The zero-order valence-electron chi connectivity index (χ0n) is 9.12. The molecule has 0 amide bonds. The summed E-state index contributed by atoms with van der Waals surface area (Å²) in [6.07, 6.45) is 1.86. The second kappa shape index (κ2) is 3.42. The largest absolute Gasteiger partial charge is 0.398 e. The van der Waals surface area contributed by atoms with Crippen LogP contribution in [0.4, 0.5) is 5.69 Å². The van der Waals surface area contributed by atoms with Gasteiger partial charge in [-0.2, -0.15) is 5.10 Å². The molecule has 78 valence electrons. The lowest BCUT2D eigenvalue weighted by Crippen LogP contribution is -2.20. The summed E-state index contributed by atoms with van der Waals surface area (Å²) in [6, 6.07) is 3.93. The van der Waals surface area contributed by atoms with Gasteiger partial charge in [0.05, 0.1) is 11.9 Å². The number of anilines is 1. The van der Waals surface area contributed by atoms with E-state index in [1.807, 2.05) is 30.3 Å². The van der Waals surface area contributed by atoms with Crippen molar-refractivity contribution in [1.82, 2.24) is 5.01 Å². The molecule has 1 aliphatic rings. The highest BCUT2D eigenvalue weighted by Crippen LogP contribution is 2.29. The summed E-state index contributed by atoms with van der Waals surface area (Å²) in [5.74, 6) is 0. The van der Waals surface area contributed by atoms with E-state index in [-0.39, 0.29) is 0 Å². The minimum atomic E-state index is 0.804. The Kier molecular flexibility index (Phi) is 2.23. The Morgan fingerprint density at radius 3 is 2.87 bits per heavy atom. The van der Waals surface area contributed by atoms with Crippen molar-refractivity contribution in [2.75, 3.05) is 12.3 Å². The molecule has 0 unspecified atom stereocenters. The lowest BCUT2D eigenvalue weighted by molar-refractivity contribution is 0.446. The van der Waals surface area contributed by atoms with Crippen LogP contribution >= 0.6 is 0 Å². The van der Waals surface area contributed by atoms with Crippen LogP contribution in [0, 0.1) is 6.92 Å². The van der Waals surface area contributed by atoms with Gasteiger partial charge in [-0.1, -0.05) is 12.6 Å². The summed E-state index contributed by atoms with van der Waals surface area (Å²) in [4.78, 5) is 0. The van der Waals surface area contributed by atoms with Crippen molar-refractivity contribution < 1.29 is 0 Å². The van der Waals surface area contributed by atoms with E-state index < -0.39 is 0 Å². The van der Waals surface area contributed by atoms with E-state index >= 15 is 0 Å². The number of benzene rings is 1. The normalized spacial score (nSPS) is 14.3. The molecule has 1 aliphatic heterocycles. The Hall–Kier alpha value is -1.77. The van der Waals surface area contributed by atoms with Gasteiger partial charge >= 0.3 is 0 Å². The molecule has 1 heterocycles. The van der Waals surface area contributed by atoms with E-state index in [2.05, 4.69) is 18.6 Å². The van der Waals surface area contributed by atoms with Gasteiger partial charge in [-0.15, -0.1) is 0 Å². The first-order valence-corrected chi connectivity index (χ1v) is 5.05. The maximum atomic E-state index is 5.85. The number of hydrazone groups is 1. The van der Waals surface area contributed by atoms with E-state index in [1.165, 1.54) is 0 Å². The molecule has 0 saturated heterocycles. The van der Waals surface area contributed by atoms with Crippen LogP contribution < -0.4 is 5.73 Å². The third-order valence-corrected chi connectivity index (χ3v) is 2.80. The molecule has 0 radical (unpaired) electrons. The molecule has 3 nitrogen and oxygen atoms in total. The van der Waals surface area contributed by atoms with Crippen LogP contribution in [0.3, 0.4) is 0 Å². The van der Waals surface area contributed by atoms with Crippen molar-refractivity contribution in [1.29, 1.82) is 0 Å². The first-order chi connectivity index (χ1) is 7.15. The van der Waals surface area contributed by atoms with Crippen molar-refractivity contribution in [3.8, 4) is 0 Å². The second-order valence-corrected chi connectivity index (χ2v) is 3.65. The van der Waals surface area contributed by atoms with E-state index in [1.54, 1.807) is 0 Å². The number of hydrogen-bond donors (Lipinski definition) is 1. The molecule has 0 atom stereocenters. The molecule has 0 saturated carbocycles. The topological polar surface area (TPSA) is 41.6 Å². The quantitative estimate of drug-likeness (QED) is 0.708. The predicted octanol–water partition coefficient (Wildman–Crippen LogP) is 2.22. The van der Waals surface area contributed by atoms with E-state index in [9.17, 15) is 0 Å². The Bertz CT molecular complexity index is 446. The lowest BCUT2D eigenvalue weighted by Gasteiger charge is -2.26. The van der Waals surface area contributed by atoms with Gasteiger partial charge in [0.1, 0.15) is 0 Å². The summed E-state index contributed by atoms with van der Waals surface area (Å²) in [5.41, 5.74) is 10.9. The number of nitrogens with two attached hydrogens (primary N) is 1. The van der Waals surface area contributed by atoms with Gasteiger partial charge in [-0.25, -0.2) is 0 Å². The fourth-order valence-corrected chi connectivity index (χ4v) is 1.77. The van der Waals surface area contributed by atoms with Gasteiger partial charge < -0.3 is 5.73 Å². The number of nitrogens with zero attached hydrogens (tertiary/aromatic N) is 2. The Balaban J connectivity index is 2.59. The molecular weight excluding hydrogens is 186 g/mol. The zero-order chi connectivity index (χ0) is 11.0. The van der Waals surface area contributed by atoms with Crippen LogP contribution in [-0.4, -0.2) is 17.8 Å². The first-order valence-electron chi connectivity index (χ1n) is 5.05. The summed E-state index contributed by atoms with van der Waals surface area (Å²) >= 11 is 0. The highest BCUT2D eigenvalue weighted by molar-refractivity contribution is 5.93. The maximum Gasteiger partial charge on any atom is 0.0601 e. The molecule has 2 rings (SSSR count).